The van der Waals surface area contributed by atoms with Crippen LogP contribution in [0, 0.1) is 10.1 Å². The van der Waals surface area contributed by atoms with Gasteiger partial charge in [-0.15, -0.1) is 0 Å². The lowest BCUT2D eigenvalue weighted by atomic mass is 10.0. The van der Waals surface area contributed by atoms with E-state index in [1.54, 1.807) is 0 Å². The largest absolute Gasteiger partial charge is 0.300 e. The van der Waals surface area contributed by atoms with Crippen molar-refractivity contribution < 1.29 is 4.92 Å². The molecule has 0 atom stereocenters. The highest BCUT2D eigenvalue weighted by Gasteiger charge is 2.12. The minimum Gasteiger partial charge on any atom is -0.300 e. The van der Waals surface area contributed by atoms with Crippen LogP contribution in [0.15, 0.2) is 12.1 Å². The van der Waals surface area contributed by atoms with E-state index in [0.717, 1.165) is 11.1 Å². The van der Waals surface area contributed by atoms with E-state index >= 15 is 0 Å². The number of nitrogens with one attached hydrogen (secondary N) is 1. The Kier molecular flexibility index (Phi) is 3.06. The van der Waals surface area contributed by atoms with Crippen LogP contribution in [0.2, 0.25) is 0 Å². The van der Waals surface area contributed by atoms with E-state index < -0.39 is 4.92 Å². The number of benzene rings is 1. The first kappa shape index (κ1) is 10.5. The molecule has 1 aromatic carbocycles. The molecule has 0 spiro atoms. The predicted molar refractivity (Wildman–Crippen MR) is 54.6 cm³/mol. The second kappa shape index (κ2) is 4.09. The summed E-state index contributed by atoms with van der Waals surface area (Å²) in [5, 5.41) is 10.6. The Hall–Kier alpha value is -1.58. The van der Waals surface area contributed by atoms with Crippen LogP contribution in [0.5, 0.6) is 0 Å². The van der Waals surface area contributed by atoms with Crippen LogP contribution in [0.3, 0.4) is 0 Å². The first-order valence-corrected chi connectivity index (χ1v) is 4.61. The minimum atomic E-state index is -0.405. The van der Waals surface area contributed by atoms with Gasteiger partial charge in [-0.25, -0.2) is 0 Å². The van der Waals surface area contributed by atoms with Crippen LogP contribution >= 0.6 is 0 Å². The van der Waals surface area contributed by atoms with Crippen molar-refractivity contribution in [3.63, 3.8) is 0 Å². The van der Waals surface area contributed by atoms with Gasteiger partial charge in [-0.05, 0) is 24.0 Å². The Morgan fingerprint density at radius 1 is 1.29 bits per heavy atom. The van der Waals surface area contributed by atoms with Crippen LogP contribution in [-0.4, -0.2) is 4.92 Å². The van der Waals surface area contributed by atoms with Gasteiger partial charge in [-0.3, -0.25) is 10.1 Å². The number of nitrogens with zero attached hydrogens (tertiary/aromatic N) is 1. The van der Waals surface area contributed by atoms with Crippen molar-refractivity contribution >= 4 is 11.4 Å². The number of non-ortho nitro benzene ring substituents is 1. The van der Waals surface area contributed by atoms with Crippen molar-refractivity contribution in [1.82, 2.24) is 5.73 Å². The van der Waals surface area contributed by atoms with E-state index in [1.165, 1.54) is 12.1 Å². The van der Waals surface area contributed by atoms with Gasteiger partial charge in [0.25, 0.3) is 5.69 Å². The zero-order valence-corrected chi connectivity index (χ0v) is 8.33. The molecule has 0 bridgehead atoms. The highest BCUT2D eigenvalue weighted by Crippen LogP contribution is 2.26. The van der Waals surface area contributed by atoms with Crippen molar-refractivity contribution in [3.05, 3.63) is 33.4 Å². The zero-order valence-electron chi connectivity index (χ0n) is 8.33. The van der Waals surface area contributed by atoms with E-state index in [2.05, 4.69) is 0 Å². The van der Waals surface area contributed by atoms with Gasteiger partial charge in [0.2, 0.25) is 0 Å². The third-order valence-electron chi connectivity index (χ3n) is 2.26. The van der Waals surface area contributed by atoms with Crippen molar-refractivity contribution in [2.75, 3.05) is 0 Å². The standard InChI is InChI=1S/C10H13N2O2/c1-3-7-5-9(12(13)14)6-8(4-2)10(7)11/h5-6,11H,3-4H2,1-2H3. The quantitative estimate of drug-likeness (QED) is 0.547. The summed E-state index contributed by atoms with van der Waals surface area (Å²) in [6.07, 6.45) is 1.32. The molecular weight excluding hydrogens is 180 g/mol. The van der Waals surface area contributed by atoms with Gasteiger partial charge in [-0.2, -0.15) is 0 Å². The third kappa shape index (κ3) is 1.84. The van der Waals surface area contributed by atoms with E-state index in [9.17, 15) is 10.1 Å². The second-order valence-electron chi connectivity index (χ2n) is 3.10. The third-order valence-corrected chi connectivity index (χ3v) is 2.26. The molecule has 4 heteroatoms. The molecule has 0 fully saturated rings. The summed E-state index contributed by atoms with van der Waals surface area (Å²) < 4.78 is 0. The summed E-state index contributed by atoms with van der Waals surface area (Å²) in [7, 11) is 0. The maximum Gasteiger partial charge on any atom is 0.270 e. The molecule has 1 aromatic rings. The minimum absolute atomic E-state index is 0.0923. The Morgan fingerprint density at radius 3 is 2.00 bits per heavy atom. The Morgan fingerprint density at radius 2 is 1.71 bits per heavy atom. The molecule has 75 valence electrons. The van der Waals surface area contributed by atoms with Crippen molar-refractivity contribution in [2.45, 2.75) is 26.7 Å². The van der Waals surface area contributed by atoms with Gasteiger partial charge in [-0.1, -0.05) is 13.8 Å². The van der Waals surface area contributed by atoms with Crippen molar-refractivity contribution in [1.29, 1.82) is 0 Å². The molecule has 0 aromatic heterocycles. The lowest BCUT2D eigenvalue weighted by Gasteiger charge is -2.06. The SMILES string of the molecule is CCc1cc([N+](=O)[O-])cc(CC)c1[NH]. The molecule has 1 rings (SSSR count). The summed E-state index contributed by atoms with van der Waals surface area (Å²) in [5.74, 6) is 0. The topological polar surface area (TPSA) is 66.9 Å². The number of nitro groups is 1. The molecule has 0 aliphatic rings. The van der Waals surface area contributed by atoms with E-state index in [0.29, 0.717) is 18.5 Å². The summed E-state index contributed by atoms with van der Waals surface area (Å²) >= 11 is 0. The van der Waals surface area contributed by atoms with Crippen LogP contribution in [-0.2, 0) is 12.8 Å². The molecular formula is C10H13N2O2. The average Bonchev–Trinajstić information content (AvgIpc) is 2.17. The number of rotatable bonds is 3. The molecule has 14 heavy (non-hydrogen) atoms. The van der Waals surface area contributed by atoms with Gasteiger partial charge in [0, 0.05) is 12.1 Å². The normalized spacial score (nSPS) is 10.1. The fraction of sp³-hybridized carbons (Fsp3) is 0.400. The van der Waals surface area contributed by atoms with E-state index in [4.69, 9.17) is 5.73 Å². The Labute approximate surface area is 82.9 Å². The molecule has 1 N–H and O–H groups in total. The zero-order chi connectivity index (χ0) is 10.7. The maximum atomic E-state index is 10.6. The fourth-order valence-corrected chi connectivity index (χ4v) is 1.41. The summed E-state index contributed by atoms with van der Waals surface area (Å²) in [5.41, 5.74) is 9.79. The molecule has 0 aliphatic heterocycles. The smallest absolute Gasteiger partial charge is 0.270 e. The van der Waals surface area contributed by atoms with Gasteiger partial charge in [0.15, 0.2) is 0 Å². The number of hydrogen-bond donors (Lipinski definition) is 0. The van der Waals surface area contributed by atoms with Gasteiger partial charge in [0.05, 0.1) is 10.6 Å². The lowest BCUT2D eigenvalue weighted by molar-refractivity contribution is -0.385. The molecule has 4 nitrogen and oxygen atoms in total. The first-order chi connectivity index (χ1) is 6.60. The molecule has 0 amide bonds. The van der Waals surface area contributed by atoms with Crippen molar-refractivity contribution in [3.8, 4) is 0 Å². The van der Waals surface area contributed by atoms with Gasteiger partial charge in [0.1, 0.15) is 0 Å². The summed E-state index contributed by atoms with van der Waals surface area (Å²) in [4.78, 5) is 10.2. The highest BCUT2D eigenvalue weighted by atomic mass is 16.6. The van der Waals surface area contributed by atoms with E-state index in [-0.39, 0.29) is 5.69 Å². The average molecular weight is 193 g/mol. The number of nitro benzene ring substituents is 1. The summed E-state index contributed by atoms with van der Waals surface area (Å²) in [6.45, 7) is 3.80. The van der Waals surface area contributed by atoms with E-state index in [1.807, 2.05) is 13.8 Å². The Bertz CT molecular complexity index is 336. The van der Waals surface area contributed by atoms with Crippen LogP contribution in [0.25, 0.3) is 0 Å². The lowest BCUT2D eigenvalue weighted by Crippen LogP contribution is -1.96. The molecule has 0 aliphatic carbocycles. The Balaban J connectivity index is 3.32. The summed E-state index contributed by atoms with van der Waals surface area (Å²) in [6, 6.07) is 2.98. The number of aryl methyl sites for hydroxylation is 2. The van der Waals surface area contributed by atoms with Gasteiger partial charge < -0.3 is 5.73 Å². The van der Waals surface area contributed by atoms with Crippen LogP contribution in [0.1, 0.15) is 25.0 Å². The first-order valence-electron chi connectivity index (χ1n) is 4.61. The molecule has 0 unspecified atom stereocenters. The fourth-order valence-electron chi connectivity index (χ4n) is 1.41. The van der Waals surface area contributed by atoms with Gasteiger partial charge >= 0.3 is 0 Å². The van der Waals surface area contributed by atoms with Crippen LogP contribution in [0.4, 0.5) is 11.4 Å². The monoisotopic (exact) mass is 193 g/mol. The highest BCUT2D eigenvalue weighted by molar-refractivity contribution is 5.56. The predicted octanol–water partition coefficient (Wildman–Crippen LogP) is 2.63. The van der Waals surface area contributed by atoms with Crippen molar-refractivity contribution in [2.24, 2.45) is 0 Å². The molecule has 0 heterocycles. The maximum absolute atomic E-state index is 10.6. The molecule has 1 radical (unpaired) electrons. The number of hydrogen-bond acceptors (Lipinski definition) is 2. The van der Waals surface area contributed by atoms with Crippen LogP contribution < -0.4 is 5.73 Å². The molecule has 0 saturated heterocycles. The molecule has 0 saturated carbocycles. The second-order valence-corrected chi connectivity index (χ2v) is 3.10.